The van der Waals surface area contributed by atoms with Gasteiger partial charge in [-0.15, -0.1) is 0 Å². The molecule has 2 aliphatic rings. The third-order valence-corrected chi connectivity index (χ3v) is 6.23. The summed E-state index contributed by atoms with van der Waals surface area (Å²) in [5.74, 6) is 0. The second-order valence-corrected chi connectivity index (χ2v) is 8.25. The van der Waals surface area contributed by atoms with Gasteiger partial charge in [-0.25, -0.2) is 0 Å². The molecule has 144 valence electrons. The fourth-order valence-electron chi connectivity index (χ4n) is 4.47. The Balaban J connectivity index is 1.44. The zero-order chi connectivity index (χ0) is 18.5. The van der Waals surface area contributed by atoms with Crippen LogP contribution in [-0.4, -0.2) is 61.0 Å². The number of benzene rings is 2. The topological polar surface area (TPSA) is 9.72 Å². The van der Waals surface area contributed by atoms with Gasteiger partial charge in [0.2, 0.25) is 0 Å². The molecular formula is C24H33N3. The number of fused-ring (bicyclic) bond motifs is 2. The summed E-state index contributed by atoms with van der Waals surface area (Å²) in [6.07, 6.45) is 3.57. The van der Waals surface area contributed by atoms with E-state index in [0.29, 0.717) is 0 Å². The smallest absolute Gasteiger partial charge is 0.0240 e. The van der Waals surface area contributed by atoms with Crippen molar-refractivity contribution in [2.24, 2.45) is 0 Å². The third kappa shape index (κ3) is 4.98. The summed E-state index contributed by atoms with van der Waals surface area (Å²) >= 11 is 0. The molecule has 3 heteroatoms. The van der Waals surface area contributed by atoms with Crippen molar-refractivity contribution in [3.8, 4) is 0 Å². The molecule has 2 aromatic carbocycles. The van der Waals surface area contributed by atoms with Crippen molar-refractivity contribution in [2.75, 3.05) is 46.3 Å². The van der Waals surface area contributed by atoms with Crippen molar-refractivity contribution in [1.29, 1.82) is 0 Å². The van der Waals surface area contributed by atoms with Gasteiger partial charge in [0.05, 0.1) is 0 Å². The molecule has 1 fully saturated rings. The van der Waals surface area contributed by atoms with E-state index in [4.69, 9.17) is 0 Å². The van der Waals surface area contributed by atoms with Crippen LogP contribution in [0.25, 0.3) is 0 Å². The van der Waals surface area contributed by atoms with E-state index in [9.17, 15) is 0 Å². The summed E-state index contributed by atoms with van der Waals surface area (Å²) < 4.78 is 0. The Hall–Kier alpha value is -1.68. The summed E-state index contributed by atoms with van der Waals surface area (Å²) in [5, 5.41) is 0. The van der Waals surface area contributed by atoms with Crippen LogP contribution >= 0.6 is 0 Å². The zero-order valence-electron chi connectivity index (χ0n) is 16.7. The van der Waals surface area contributed by atoms with Gasteiger partial charge in [0.1, 0.15) is 0 Å². The molecule has 0 aliphatic carbocycles. The Morgan fingerprint density at radius 3 is 1.67 bits per heavy atom. The van der Waals surface area contributed by atoms with Gasteiger partial charge in [0.15, 0.2) is 0 Å². The average Bonchev–Trinajstić information content (AvgIpc) is 2.77. The van der Waals surface area contributed by atoms with Crippen LogP contribution in [-0.2, 0) is 25.9 Å². The van der Waals surface area contributed by atoms with Crippen LogP contribution in [0.4, 0.5) is 0 Å². The lowest BCUT2D eigenvalue weighted by atomic mass is 9.98. The van der Waals surface area contributed by atoms with Gasteiger partial charge in [-0.1, -0.05) is 48.5 Å². The van der Waals surface area contributed by atoms with Gasteiger partial charge in [-0.05, 0) is 55.1 Å². The number of likely N-dealkylation sites (N-methyl/N-ethyl adjacent to an activating group) is 1. The predicted molar refractivity (Wildman–Crippen MR) is 113 cm³/mol. The second-order valence-electron chi connectivity index (χ2n) is 8.25. The van der Waals surface area contributed by atoms with E-state index in [0.717, 1.165) is 25.9 Å². The van der Waals surface area contributed by atoms with Crippen molar-refractivity contribution in [2.45, 2.75) is 32.4 Å². The minimum atomic E-state index is 1.08. The molecule has 0 bridgehead atoms. The molecule has 0 N–H and O–H groups in total. The molecule has 27 heavy (non-hydrogen) atoms. The molecule has 0 aromatic heterocycles. The summed E-state index contributed by atoms with van der Waals surface area (Å²) in [6.45, 7) is 9.43. The molecule has 0 saturated carbocycles. The molecule has 2 aliphatic heterocycles. The quantitative estimate of drug-likeness (QED) is 0.824. The van der Waals surface area contributed by atoms with E-state index < -0.39 is 0 Å². The molecule has 1 saturated heterocycles. The zero-order valence-corrected chi connectivity index (χ0v) is 16.7. The van der Waals surface area contributed by atoms with E-state index in [2.05, 4.69) is 70.3 Å². The van der Waals surface area contributed by atoms with Crippen LogP contribution in [0.5, 0.6) is 0 Å². The fraction of sp³-hybridized carbons (Fsp3) is 0.500. The standard InChI is InChI=1S/C24H33N3/c1-25-15-17-26(18-16-25)13-6-14-27-19-23-9-4-2-7-21(23)11-12-22-8-3-5-10-24(22)20-27/h2-5,7-10H,6,11-20H2,1H3. The molecule has 2 aromatic rings. The first kappa shape index (κ1) is 18.7. The second kappa shape index (κ2) is 9.01. The number of hydrogen-bond donors (Lipinski definition) is 0. The number of piperazine rings is 1. The maximum Gasteiger partial charge on any atom is 0.0240 e. The Morgan fingerprint density at radius 2 is 1.11 bits per heavy atom. The Labute approximate surface area is 164 Å². The fourth-order valence-corrected chi connectivity index (χ4v) is 4.47. The molecule has 2 heterocycles. The minimum Gasteiger partial charge on any atom is -0.304 e. The highest BCUT2D eigenvalue weighted by Crippen LogP contribution is 2.22. The third-order valence-electron chi connectivity index (χ3n) is 6.23. The highest BCUT2D eigenvalue weighted by atomic mass is 15.2. The number of aryl methyl sites for hydroxylation is 2. The van der Waals surface area contributed by atoms with Crippen LogP contribution in [0.1, 0.15) is 28.7 Å². The van der Waals surface area contributed by atoms with Crippen molar-refractivity contribution >= 4 is 0 Å². The highest BCUT2D eigenvalue weighted by Gasteiger charge is 2.17. The molecule has 0 atom stereocenters. The van der Waals surface area contributed by atoms with Crippen molar-refractivity contribution in [3.63, 3.8) is 0 Å². The molecular weight excluding hydrogens is 330 g/mol. The molecule has 0 unspecified atom stereocenters. The van der Waals surface area contributed by atoms with Crippen LogP contribution in [0, 0.1) is 0 Å². The Morgan fingerprint density at radius 1 is 0.630 bits per heavy atom. The first-order valence-corrected chi connectivity index (χ1v) is 10.5. The molecule has 3 nitrogen and oxygen atoms in total. The van der Waals surface area contributed by atoms with Crippen LogP contribution in [0.2, 0.25) is 0 Å². The first-order chi connectivity index (χ1) is 13.3. The SMILES string of the molecule is CN1CCN(CCCN2Cc3ccccc3CCc3ccccc3C2)CC1. The lowest BCUT2D eigenvalue weighted by molar-refractivity contribution is 0.144. The maximum absolute atomic E-state index is 2.67. The van der Waals surface area contributed by atoms with Gasteiger partial charge < -0.3 is 9.80 Å². The number of rotatable bonds is 4. The normalized spacial score (nSPS) is 19.6. The van der Waals surface area contributed by atoms with Gasteiger partial charge in [0, 0.05) is 45.8 Å². The number of nitrogens with zero attached hydrogens (tertiary/aromatic N) is 3. The van der Waals surface area contributed by atoms with Gasteiger partial charge in [-0.2, -0.15) is 0 Å². The molecule has 0 spiro atoms. The van der Waals surface area contributed by atoms with Crippen LogP contribution < -0.4 is 0 Å². The van der Waals surface area contributed by atoms with Crippen molar-refractivity contribution < 1.29 is 0 Å². The van der Waals surface area contributed by atoms with E-state index in [1.807, 2.05) is 0 Å². The summed E-state index contributed by atoms with van der Waals surface area (Å²) in [4.78, 5) is 7.74. The monoisotopic (exact) mass is 363 g/mol. The molecule has 0 radical (unpaired) electrons. The first-order valence-electron chi connectivity index (χ1n) is 10.5. The van der Waals surface area contributed by atoms with E-state index in [1.54, 1.807) is 0 Å². The highest BCUT2D eigenvalue weighted by molar-refractivity contribution is 5.33. The minimum absolute atomic E-state index is 1.08. The number of hydrogen-bond acceptors (Lipinski definition) is 3. The lowest BCUT2D eigenvalue weighted by Crippen LogP contribution is -2.45. The van der Waals surface area contributed by atoms with Crippen molar-refractivity contribution in [1.82, 2.24) is 14.7 Å². The Bertz CT molecular complexity index is 684. The van der Waals surface area contributed by atoms with Gasteiger partial charge in [-0.3, -0.25) is 4.90 Å². The van der Waals surface area contributed by atoms with E-state index in [1.165, 1.54) is 67.9 Å². The van der Waals surface area contributed by atoms with Gasteiger partial charge >= 0.3 is 0 Å². The predicted octanol–water partition coefficient (Wildman–Crippen LogP) is 3.42. The molecule has 0 amide bonds. The summed E-state index contributed by atoms with van der Waals surface area (Å²) in [6, 6.07) is 18.1. The Kier molecular flexibility index (Phi) is 6.23. The van der Waals surface area contributed by atoms with E-state index in [-0.39, 0.29) is 0 Å². The van der Waals surface area contributed by atoms with Crippen LogP contribution in [0.3, 0.4) is 0 Å². The molecule has 4 rings (SSSR count). The largest absolute Gasteiger partial charge is 0.304 e. The summed E-state index contributed by atoms with van der Waals surface area (Å²) in [5.41, 5.74) is 6.09. The van der Waals surface area contributed by atoms with Crippen LogP contribution in [0.15, 0.2) is 48.5 Å². The maximum atomic E-state index is 2.67. The van der Waals surface area contributed by atoms with Gasteiger partial charge in [0.25, 0.3) is 0 Å². The average molecular weight is 364 g/mol. The van der Waals surface area contributed by atoms with Crippen molar-refractivity contribution in [3.05, 3.63) is 70.8 Å². The lowest BCUT2D eigenvalue weighted by Gasteiger charge is -2.33. The summed E-state index contributed by atoms with van der Waals surface area (Å²) in [7, 11) is 2.23. The van der Waals surface area contributed by atoms with E-state index >= 15 is 0 Å².